The lowest BCUT2D eigenvalue weighted by Crippen LogP contribution is -2.43. The lowest BCUT2D eigenvalue weighted by atomic mass is 10.1. The summed E-state index contributed by atoms with van der Waals surface area (Å²) in [5.74, 6) is 0.0694. The van der Waals surface area contributed by atoms with Crippen molar-refractivity contribution in [3.05, 3.63) is 53.4 Å². The Morgan fingerprint density at radius 3 is 3.00 bits per heavy atom. The second-order valence-corrected chi connectivity index (χ2v) is 6.29. The van der Waals surface area contributed by atoms with E-state index in [-0.39, 0.29) is 30.1 Å². The number of hydrogen-bond donors (Lipinski definition) is 2. The molecule has 0 aliphatic carbocycles. The summed E-state index contributed by atoms with van der Waals surface area (Å²) in [7, 11) is 0. The van der Waals surface area contributed by atoms with Crippen molar-refractivity contribution in [3.8, 4) is 0 Å². The van der Waals surface area contributed by atoms with Crippen molar-refractivity contribution in [2.24, 2.45) is 0 Å². The minimum absolute atomic E-state index is 0.0347. The van der Waals surface area contributed by atoms with Crippen LogP contribution in [0, 0.1) is 12.7 Å². The van der Waals surface area contributed by atoms with Gasteiger partial charge in [0.1, 0.15) is 17.3 Å². The predicted octanol–water partition coefficient (Wildman–Crippen LogP) is 1.82. The molecule has 0 saturated carbocycles. The first-order valence-corrected chi connectivity index (χ1v) is 8.36. The van der Waals surface area contributed by atoms with Crippen LogP contribution in [-0.4, -0.2) is 45.8 Å². The Bertz CT molecular complexity index is 774. The molecule has 1 atom stereocenters. The van der Waals surface area contributed by atoms with Gasteiger partial charge in [0.25, 0.3) is 5.91 Å². The number of benzene rings is 1. The van der Waals surface area contributed by atoms with Crippen molar-refractivity contribution in [3.63, 3.8) is 0 Å². The van der Waals surface area contributed by atoms with Crippen LogP contribution in [0.1, 0.15) is 34.7 Å². The zero-order valence-electron chi connectivity index (χ0n) is 14.1. The molecule has 1 fully saturated rings. The molecule has 1 aliphatic heterocycles. The fourth-order valence-electron chi connectivity index (χ4n) is 3.13. The number of carbonyl (C=O) groups is 2. The maximum absolute atomic E-state index is 13.2. The molecule has 1 aromatic heterocycles. The van der Waals surface area contributed by atoms with Crippen molar-refractivity contribution in [1.82, 2.24) is 20.2 Å². The molecule has 0 unspecified atom stereocenters. The van der Waals surface area contributed by atoms with E-state index in [0.717, 1.165) is 12.8 Å². The maximum atomic E-state index is 13.2. The average Bonchev–Trinajstić information content (AvgIpc) is 3.21. The smallest absolute Gasteiger partial charge is 0.272 e. The number of aromatic amines is 1. The van der Waals surface area contributed by atoms with E-state index < -0.39 is 0 Å². The van der Waals surface area contributed by atoms with Crippen molar-refractivity contribution >= 4 is 11.8 Å². The molecule has 0 bridgehead atoms. The Labute approximate surface area is 145 Å². The Balaban J connectivity index is 1.54. The Hall–Kier alpha value is -2.70. The number of imidazole rings is 1. The second kappa shape index (κ2) is 7.46. The first-order valence-electron chi connectivity index (χ1n) is 8.36. The van der Waals surface area contributed by atoms with Crippen LogP contribution < -0.4 is 5.32 Å². The molecule has 7 heteroatoms. The van der Waals surface area contributed by atoms with Crippen molar-refractivity contribution in [2.45, 2.75) is 32.2 Å². The van der Waals surface area contributed by atoms with E-state index in [4.69, 9.17) is 0 Å². The van der Waals surface area contributed by atoms with Gasteiger partial charge in [-0.05, 0) is 37.5 Å². The minimum Gasteiger partial charge on any atom is -0.354 e. The minimum atomic E-state index is -0.354. The number of rotatable bonds is 5. The number of halogens is 1. The van der Waals surface area contributed by atoms with Gasteiger partial charge in [-0.1, -0.05) is 12.1 Å². The van der Waals surface area contributed by atoms with E-state index in [1.165, 1.54) is 18.3 Å². The summed E-state index contributed by atoms with van der Waals surface area (Å²) in [4.78, 5) is 33.4. The van der Waals surface area contributed by atoms with Gasteiger partial charge in [0, 0.05) is 19.1 Å². The molecular formula is C18H21FN4O2. The van der Waals surface area contributed by atoms with Crippen molar-refractivity contribution in [2.75, 3.05) is 13.1 Å². The van der Waals surface area contributed by atoms with Crippen molar-refractivity contribution in [1.29, 1.82) is 0 Å². The number of amides is 2. The quantitative estimate of drug-likeness (QED) is 0.868. The van der Waals surface area contributed by atoms with Crippen LogP contribution in [0.15, 0.2) is 30.5 Å². The molecule has 2 amide bonds. The van der Waals surface area contributed by atoms with Crippen LogP contribution in [0.4, 0.5) is 4.39 Å². The zero-order valence-corrected chi connectivity index (χ0v) is 14.1. The normalized spacial score (nSPS) is 16.9. The number of nitrogens with zero attached hydrogens (tertiary/aromatic N) is 2. The Morgan fingerprint density at radius 2 is 2.28 bits per heavy atom. The molecule has 3 rings (SSSR count). The van der Waals surface area contributed by atoms with E-state index in [1.807, 2.05) is 0 Å². The van der Waals surface area contributed by atoms with E-state index in [0.29, 0.717) is 30.2 Å². The highest BCUT2D eigenvalue weighted by Gasteiger charge is 2.30. The lowest BCUT2D eigenvalue weighted by molar-refractivity contribution is -0.120. The molecule has 2 aromatic rings. The number of H-pyrrole nitrogens is 1. The van der Waals surface area contributed by atoms with Gasteiger partial charge in [-0.3, -0.25) is 9.59 Å². The van der Waals surface area contributed by atoms with Gasteiger partial charge in [-0.2, -0.15) is 0 Å². The number of carbonyl (C=O) groups excluding carboxylic acids is 2. The van der Waals surface area contributed by atoms with E-state index >= 15 is 0 Å². The highest BCUT2D eigenvalue weighted by Crippen LogP contribution is 2.19. The van der Waals surface area contributed by atoms with E-state index in [9.17, 15) is 14.0 Å². The molecule has 0 radical (unpaired) electrons. The third-order valence-electron chi connectivity index (χ3n) is 4.36. The van der Waals surface area contributed by atoms with Gasteiger partial charge in [-0.15, -0.1) is 0 Å². The van der Waals surface area contributed by atoms with E-state index in [2.05, 4.69) is 15.3 Å². The number of aromatic nitrogens is 2. The van der Waals surface area contributed by atoms with Crippen LogP contribution in [-0.2, 0) is 11.2 Å². The molecule has 6 nitrogen and oxygen atoms in total. The number of aryl methyl sites for hydroxylation is 1. The molecule has 2 heterocycles. The topological polar surface area (TPSA) is 78.1 Å². The van der Waals surface area contributed by atoms with Gasteiger partial charge in [-0.25, -0.2) is 9.37 Å². The maximum Gasteiger partial charge on any atom is 0.272 e. The molecule has 25 heavy (non-hydrogen) atoms. The third-order valence-corrected chi connectivity index (χ3v) is 4.36. The van der Waals surface area contributed by atoms with Crippen LogP contribution in [0.2, 0.25) is 0 Å². The number of hydrogen-bond acceptors (Lipinski definition) is 3. The molecule has 2 N–H and O–H groups in total. The zero-order chi connectivity index (χ0) is 17.8. The number of nitrogens with one attached hydrogen (secondary N) is 2. The Kier molecular flexibility index (Phi) is 5.11. The van der Waals surface area contributed by atoms with Crippen LogP contribution in [0.25, 0.3) is 0 Å². The number of likely N-dealkylation sites (tertiary alicyclic amines) is 1. The monoisotopic (exact) mass is 344 g/mol. The van der Waals surface area contributed by atoms with Crippen molar-refractivity contribution < 1.29 is 14.0 Å². The van der Waals surface area contributed by atoms with Gasteiger partial charge < -0.3 is 15.2 Å². The second-order valence-electron chi connectivity index (χ2n) is 6.29. The molecule has 132 valence electrons. The fourth-order valence-corrected chi connectivity index (χ4v) is 3.13. The molecule has 1 aromatic carbocycles. The van der Waals surface area contributed by atoms with Crippen LogP contribution in [0.5, 0.6) is 0 Å². The van der Waals surface area contributed by atoms with Gasteiger partial charge in [0.2, 0.25) is 5.91 Å². The highest BCUT2D eigenvalue weighted by atomic mass is 19.1. The molecule has 0 spiro atoms. The predicted molar refractivity (Wildman–Crippen MR) is 90.5 cm³/mol. The highest BCUT2D eigenvalue weighted by molar-refractivity contribution is 5.92. The summed E-state index contributed by atoms with van der Waals surface area (Å²) in [6.45, 7) is 2.86. The summed E-state index contributed by atoms with van der Waals surface area (Å²) in [6.07, 6.45) is 3.41. The van der Waals surface area contributed by atoms with Gasteiger partial charge in [0.05, 0.1) is 12.6 Å². The van der Waals surface area contributed by atoms with Gasteiger partial charge >= 0.3 is 0 Å². The molecular weight excluding hydrogens is 323 g/mol. The largest absolute Gasteiger partial charge is 0.354 e. The summed E-state index contributed by atoms with van der Waals surface area (Å²) in [6, 6.07) is 5.97. The van der Waals surface area contributed by atoms with Crippen LogP contribution in [0.3, 0.4) is 0 Å². The standard InChI is InChI=1S/C18H21FN4O2/c1-12-20-11-16(22-12)18(25)23-7-3-6-15(23)10-21-17(24)9-13-4-2-5-14(19)8-13/h2,4-5,8,11,15H,3,6-7,9-10H2,1H3,(H,20,22)(H,21,24)/t15-/m1/s1. The SMILES string of the molecule is Cc1ncc(C(=O)N2CCC[C@@H]2CNC(=O)Cc2cccc(F)c2)[nH]1. The Morgan fingerprint density at radius 1 is 1.44 bits per heavy atom. The lowest BCUT2D eigenvalue weighted by Gasteiger charge is -2.24. The first-order chi connectivity index (χ1) is 12.0. The molecule has 1 saturated heterocycles. The average molecular weight is 344 g/mol. The van der Waals surface area contributed by atoms with Gasteiger partial charge in [0.15, 0.2) is 0 Å². The molecule has 1 aliphatic rings. The summed E-state index contributed by atoms with van der Waals surface area (Å²) in [5, 5.41) is 2.85. The van der Waals surface area contributed by atoms with Crippen LogP contribution >= 0.6 is 0 Å². The summed E-state index contributed by atoms with van der Waals surface area (Å²) < 4.78 is 13.2. The third kappa shape index (κ3) is 4.23. The first kappa shape index (κ1) is 17.1. The fraction of sp³-hybridized carbons (Fsp3) is 0.389. The summed E-state index contributed by atoms with van der Waals surface area (Å²) in [5.41, 5.74) is 1.10. The van der Waals surface area contributed by atoms with E-state index in [1.54, 1.807) is 24.0 Å². The summed E-state index contributed by atoms with van der Waals surface area (Å²) >= 11 is 0.